The number of nitrogens with zero attached hydrogens (tertiary/aromatic N) is 1. The summed E-state index contributed by atoms with van der Waals surface area (Å²) in [4.78, 5) is 24.8. The van der Waals surface area contributed by atoms with Crippen molar-refractivity contribution in [2.45, 2.75) is 32.7 Å². The number of carbonyl (C=O) groups excluding carboxylic acids is 2. The topological polar surface area (TPSA) is 88.4 Å². The van der Waals surface area contributed by atoms with E-state index in [4.69, 9.17) is 9.47 Å². The first-order valence-electron chi connectivity index (χ1n) is 10.7. The van der Waals surface area contributed by atoms with Crippen LogP contribution in [-0.2, 0) is 22.3 Å². The predicted molar refractivity (Wildman–Crippen MR) is 129 cm³/mol. The summed E-state index contributed by atoms with van der Waals surface area (Å²) in [6, 6.07) is 14.6. The second-order valence-corrected chi connectivity index (χ2v) is 8.71. The highest BCUT2D eigenvalue weighted by molar-refractivity contribution is 7.14. The minimum atomic E-state index is -4.43. The van der Waals surface area contributed by atoms with Gasteiger partial charge in [0.2, 0.25) is 0 Å². The molecule has 0 spiro atoms. The number of benzene rings is 2. The minimum Gasteiger partial charge on any atom is -0.489 e. The van der Waals surface area contributed by atoms with Crippen molar-refractivity contribution in [1.82, 2.24) is 0 Å². The Morgan fingerprint density at radius 1 is 1.14 bits per heavy atom. The normalized spacial score (nSPS) is 11.6. The van der Waals surface area contributed by atoms with E-state index in [1.807, 2.05) is 6.07 Å². The van der Waals surface area contributed by atoms with Gasteiger partial charge in [0, 0.05) is 0 Å². The van der Waals surface area contributed by atoms with Crippen LogP contribution in [0.4, 0.5) is 18.2 Å². The second-order valence-electron chi connectivity index (χ2n) is 7.80. The summed E-state index contributed by atoms with van der Waals surface area (Å²) in [6.45, 7) is 3.36. The van der Waals surface area contributed by atoms with E-state index in [0.717, 1.165) is 23.5 Å². The quantitative estimate of drug-likeness (QED) is 0.212. The van der Waals surface area contributed by atoms with Gasteiger partial charge in [0.05, 0.1) is 17.2 Å². The molecule has 1 N–H and O–H groups in total. The van der Waals surface area contributed by atoms with Crippen molar-refractivity contribution < 1.29 is 32.2 Å². The molecule has 1 heterocycles. The lowest BCUT2D eigenvalue weighted by atomic mass is 10.1. The zero-order chi connectivity index (χ0) is 26.3. The Morgan fingerprint density at radius 2 is 1.86 bits per heavy atom. The molecule has 0 bridgehead atoms. The third-order valence-corrected chi connectivity index (χ3v) is 5.50. The Kier molecular flexibility index (Phi) is 8.51. The van der Waals surface area contributed by atoms with Gasteiger partial charge in [0.15, 0.2) is 0 Å². The van der Waals surface area contributed by atoms with Crippen molar-refractivity contribution in [2.24, 2.45) is 0 Å². The van der Waals surface area contributed by atoms with Gasteiger partial charge in [-0.15, -0.1) is 11.3 Å². The summed E-state index contributed by atoms with van der Waals surface area (Å²) >= 11 is 1.13. The van der Waals surface area contributed by atoms with E-state index in [-0.39, 0.29) is 28.8 Å². The number of ether oxygens (including phenoxy) is 2. The van der Waals surface area contributed by atoms with Gasteiger partial charge >= 0.3 is 12.1 Å². The smallest absolute Gasteiger partial charge is 0.416 e. The molecule has 0 aliphatic rings. The minimum absolute atomic E-state index is 0.0622. The van der Waals surface area contributed by atoms with Crippen LogP contribution in [0.5, 0.6) is 5.75 Å². The van der Waals surface area contributed by atoms with Gasteiger partial charge in [-0.1, -0.05) is 24.3 Å². The number of hydrogen-bond acceptors (Lipinski definition) is 6. The Hall–Kier alpha value is -4.10. The molecule has 0 aliphatic carbocycles. The Labute approximate surface area is 209 Å². The molecule has 0 aliphatic heterocycles. The van der Waals surface area contributed by atoms with Crippen LogP contribution >= 0.6 is 11.3 Å². The van der Waals surface area contributed by atoms with Gasteiger partial charge in [-0.3, -0.25) is 4.79 Å². The van der Waals surface area contributed by atoms with E-state index in [1.165, 1.54) is 24.3 Å². The molecule has 3 rings (SSSR count). The van der Waals surface area contributed by atoms with E-state index < -0.39 is 23.6 Å². The second kappa shape index (κ2) is 11.6. The zero-order valence-electron chi connectivity index (χ0n) is 19.3. The molecule has 0 unspecified atom stereocenters. The molecule has 36 heavy (non-hydrogen) atoms. The molecule has 0 fully saturated rings. The molecule has 0 radical (unpaired) electrons. The molecule has 0 saturated heterocycles. The lowest BCUT2D eigenvalue weighted by molar-refractivity contribution is -0.137. The Balaban J connectivity index is 1.65. The van der Waals surface area contributed by atoms with Crippen LogP contribution in [0.15, 0.2) is 65.6 Å². The van der Waals surface area contributed by atoms with Crippen molar-refractivity contribution in [2.75, 3.05) is 5.32 Å². The lowest BCUT2D eigenvalue weighted by Crippen LogP contribution is -2.17. The number of esters is 1. The highest BCUT2D eigenvalue weighted by Gasteiger charge is 2.30. The lowest BCUT2D eigenvalue weighted by Gasteiger charge is -2.10. The number of anilines is 1. The predicted octanol–water partition coefficient (Wildman–Crippen LogP) is 6.46. The summed E-state index contributed by atoms with van der Waals surface area (Å²) in [5, 5.41) is 13.9. The summed E-state index contributed by atoms with van der Waals surface area (Å²) in [6.07, 6.45) is -3.39. The SMILES string of the molecule is CC(C)OC(=O)c1ccsc1NC(=O)C(C#N)=Cc1ccc(OCc2cccc(C(F)(F)F)c2)cc1. The number of carbonyl (C=O) groups is 2. The van der Waals surface area contributed by atoms with Gasteiger partial charge in [0.25, 0.3) is 5.91 Å². The maximum Gasteiger partial charge on any atom is 0.416 e. The highest BCUT2D eigenvalue weighted by atomic mass is 32.1. The van der Waals surface area contributed by atoms with Gasteiger partial charge < -0.3 is 14.8 Å². The molecular weight excluding hydrogens is 493 g/mol. The fourth-order valence-electron chi connectivity index (χ4n) is 2.99. The first-order chi connectivity index (χ1) is 17.1. The van der Waals surface area contributed by atoms with E-state index >= 15 is 0 Å². The van der Waals surface area contributed by atoms with E-state index in [9.17, 15) is 28.0 Å². The third-order valence-electron chi connectivity index (χ3n) is 4.67. The van der Waals surface area contributed by atoms with Crippen molar-refractivity contribution >= 4 is 34.3 Å². The Morgan fingerprint density at radius 3 is 2.50 bits per heavy atom. The summed E-state index contributed by atoms with van der Waals surface area (Å²) < 4.78 is 49.3. The van der Waals surface area contributed by atoms with Crippen molar-refractivity contribution in [3.05, 3.63) is 87.8 Å². The molecule has 3 aromatic rings. The number of halogens is 3. The third kappa shape index (κ3) is 7.20. The molecule has 0 atom stereocenters. The average molecular weight is 515 g/mol. The first-order valence-corrected chi connectivity index (χ1v) is 11.6. The van der Waals surface area contributed by atoms with Gasteiger partial charge in [-0.25, -0.2) is 4.79 Å². The van der Waals surface area contributed by atoms with Crippen LogP contribution in [-0.4, -0.2) is 18.0 Å². The van der Waals surface area contributed by atoms with Crippen LogP contribution in [0.3, 0.4) is 0 Å². The van der Waals surface area contributed by atoms with Crippen molar-refractivity contribution in [3.63, 3.8) is 0 Å². The number of alkyl halides is 3. The number of rotatable bonds is 8. The van der Waals surface area contributed by atoms with Crippen molar-refractivity contribution in [1.29, 1.82) is 5.26 Å². The number of nitrogens with one attached hydrogen (secondary N) is 1. The van der Waals surface area contributed by atoms with Gasteiger partial charge in [-0.2, -0.15) is 18.4 Å². The number of amides is 1. The monoisotopic (exact) mass is 514 g/mol. The molecule has 1 aromatic heterocycles. The van der Waals surface area contributed by atoms with Crippen LogP contribution in [0.25, 0.3) is 6.08 Å². The summed E-state index contributed by atoms with van der Waals surface area (Å²) in [5.74, 6) is -0.868. The summed E-state index contributed by atoms with van der Waals surface area (Å²) in [5.41, 5.74) is 0.143. The maximum absolute atomic E-state index is 12.9. The average Bonchev–Trinajstić information content (AvgIpc) is 3.29. The zero-order valence-corrected chi connectivity index (χ0v) is 20.1. The fourth-order valence-corrected chi connectivity index (χ4v) is 3.76. The molecule has 186 valence electrons. The van der Waals surface area contributed by atoms with Crippen LogP contribution in [0, 0.1) is 11.3 Å². The number of thiophene rings is 1. The molecular formula is C26H21F3N2O4S. The number of nitriles is 1. The molecule has 2 aromatic carbocycles. The fraction of sp³-hybridized carbons (Fsp3) is 0.192. The van der Waals surface area contributed by atoms with E-state index in [1.54, 1.807) is 43.5 Å². The maximum atomic E-state index is 12.9. The van der Waals surface area contributed by atoms with Gasteiger partial charge in [0.1, 0.15) is 29.0 Å². The van der Waals surface area contributed by atoms with E-state index in [2.05, 4.69) is 5.32 Å². The molecule has 6 nitrogen and oxygen atoms in total. The molecule has 10 heteroatoms. The first kappa shape index (κ1) is 26.5. The van der Waals surface area contributed by atoms with Crippen LogP contribution < -0.4 is 10.1 Å². The van der Waals surface area contributed by atoms with Crippen LogP contribution in [0.1, 0.15) is 40.9 Å². The van der Waals surface area contributed by atoms with Gasteiger partial charge in [-0.05, 0) is 66.8 Å². The molecule has 1 amide bonds. The van der Waals surface area contributed by atoms with E-state index in [0.29, 0.717) is 16.9 Å². The summed E-state index contributed by atoms with van der Waals surface area (Å²) in [7, 11) is 0. The Bertz CT molecular complexity index is 1310. The highest BCUT2D eigenvalue weighted by Crippen LogP contribution is 2.30. The standard InChI is InChI=1S/C26H21F3N2O4S/c1-16(2)35-25(33)22-10-11-36-24(22)31-23(32)19(14-30)12-17-6-8-21(9-7-17)34-15-18-4-3-5-20(13-18)26(27,28)29/h3-13,16H,15H2,1-2H3,(H,31,32). The largest absolute Gasteiger partial charge is 0.489 e. The van der Waals surface area contributed by atoms with Crippen LogP contribution in [0.2, 0.25) is 0 Å². The van der Waals surface area contributed by atoms with Crippen molar-refractivity contribution in [3.8, 4) is 11.8 Å². The number of hydrogen-bond donors (Lipinski definition) is 1. The molecule has 0 saturated carbocycles.